The molecule has 1 N–H and O–H groups in total. The SMILES string of the molecule is CC(=O)c1cccc(N/C=C/C(=O)c2ccc(C(C)C)cc2)c1. The van der Waals surface area contributed by atoms with E-state index in [1.54, 1.807) is 24.4 Å². The number of hydrogen-bond acceptors (Lipinski definition) is 3. The first-order valence-electron chi connectivity index (χ1n) is 7.66. The Labute approximate surface area is 137 Å². The Morgan fingerprint density at radius 2 is 1.70 bits per heavy atom. The molecule has 2 rings (SSSR count). The van der Waals surface area contributed by atoms with Crippen LogP contribution in [0.2, 0.25) is 0 Å². The molecule has 2 aromatic rings. The normalized spacial score (nSPS) is 11.0. The third kappa shape index (κ3) is 4.65. The minimum absolute atomic E-state index is 0.0129. The van der Waals surface area contributed by atoms with Gasteiger partial charge in [0.1, 0.15) is 0 Å². The van der Waals surface area contributed by atoms with Crippen molar-refractivity contribution in [2.24, 2.45) is 0 Å². The van der Waals surface area contributed by atoms with Crippen LogP contribution in [-0.4, -0.2) is 11.6 Å². The highest BCUT2D eigenvalue weighted by Gasteiger charge is 2.04. The van der Waals surface area contributed by atoms with Crippen molar-refractivity contribution in [1.29, 1.82) is 0 Å². The fraction of sp³-hybridized carbons (Fsp3) is 0.200. The smallest absolute Gasteiger partial charge is 0.187 e. The predicted molar refractivity (Wildman–Crippen MR) is 94.1 cm³/mol. The van der Waals surface area contributed by atoms with Crippen molar-refractivity contribution in [2.75, 3.05) is 5.32 Å². The molecule has 0 saturated heterocycles. The molecule has 118 valence electrons. The van der Waals surface area contributed by atoms with Crippen LogP contribution >= 0.6 is 0 Å². The van der Waals surface area contributed by atoms with Gasteiger partial charge in [-0.1, -0.05) is 50.2 Å². The minimum atomic E-state index is -0.0597. The van der Waals surface area contributed by atoms with Gasteiger partial charge in [-0.2, -0.15) is 0 Å². The van der Waals surface area contributed by atoms with Crippen LogP contribution in [0, 0.1) is 0 Å². The third-order valence-electron chi connectivity index (χ3n) is 3.62. The van der Waals surface area contributed by atoms with E-state index in [0.717, 1.165) is 5.69 Å². The summed E-state index contributed by atoms with van der Waals surface area (Å²) < 4.78 is 0. The second kappa shape index (κ2) is 7.54. The first-order valence-corrected chi connectivity index (χ1v) is 7.66. The van der Waals surface area contributed by atoms with Gasteiger partial charge in [0.25, 0.3) is 0 Å². The fourth-order valence-electron chi connectivity index (χ4n) is 2.17. The molecule has 0 spiro atoms. The zero-order valence-electron chi connectivity index (χ0n) is 13.7. The van der Waals surface area contributed by atoms with Crippen molar-refractivity contribution in [1.82, 2.24) is 0 Å². The van der Waals surface area contributed by atoms with E-state index in [-0.39, 0.29) is 11.6 Å². The molecule has 0 heterocycles. The number of Topliss-reactive ketones (excluding diaryl/α,β-unsaturated/α-hetero) is 1. The summed E-state index contributed by atoms with van der Waals surface area (Å²) in [6.07, 6.45) is 3.09. The number of ketones is 2. The van der Waals surface area contributed by atoms with Gasteiger partial charge >= 0.3 is 0 Å². The molecule has 0 aromatic heterocycles. The number of hydrogen-bond donors (Lipinski definition) is 1. The van der Waals surface area contributed by atoms with Gasteiger partial charge in [0.2, 0.25) is 0 Å². The summed E-state index contributed by atoms with van der Waals surface area (Å²) in [4.78, 5) is 23.5. The summed E-state index contributed by atoms with van der Waals surface area (Å²) in [5, 5.41) is 3.02. The molecule has 0 aliphatic heterocycles. The molecule has 0 atom stereocenters. The molecular weight excluding hydrogens is 286 g/mol. The standard InChI is InChI=1S/C20H21NO2/c1-14(2)16-7-9-17(10-8-16)20(23)11-12-21-19-6-4-5-18(13-19)15(3)22/h4-14,21H,1-3H3/b12-11+. The maximum atomic E-state index is 12.1. The highest BCUT2D eigenvalue weighted by Crippen LogP contribution is 2.15. The maximum absolute atomic E-state index is 12.1. The molecule has 2 aromatic carbocycles. The summed E-state index contributed by atoms with van der Waals surface area (Å²) in [7, 11) is 0. The predicted octanol–water partition coefficient (Wildman–Crippen LogP) is 4.82. The van der Waals surface area contributed by atoms with Gasteiger partial charge in [0.05, 0.1) is 0 Å². The van der Waals surface area contributed by atoms with E-state index in [1.807, 2.05) is 30.3 Å². The van der Waals surface area contributed by atoms with Gasteiger partial charge in [0.15, 0.2) is 11.6 Å². The largest absolute Gasteiger partial charge is 0.362 e. The summed E-state index contributed by atoms with van der Waals surface area (Å²) >= 11 is 0. The second-order valence-corrected chi connectivity index (χ2v) is 5.76. The monoisotopic (exact) mass is 307 g/mol. The van der Waals surface area contributed by atoms with Gasteiger partial charge < -0.3 is 5.32 Å². The molecule has 3 heteroatoms. The van der Waals surface area contributed by atoms with Crippen molar-refractivity contribution >= 4 is 17.3 Å². The Bertz CT molecular complexity index is 728. The second-order valence-electron chi connectivity index (χ2n) is 5.76. The van der Waals surface area contributed by atoms with Crippen LogP contribution in [0.5, 0.6) is 0 Å². The average Bonchev–Trinajstić information content (AvgIpc) is 2.55. The number of allylic oxidation sites excluding steroid dienone is 1. The van der Waals surface area contributed by atoms with Crippen molar-refractivity contribution < 1.29 is 9.59 Å². The lowest BCUT2D eigenvalue weighted by Gasteiger charge is -2.05. The summed E-state index contributed by atoms with van der Waals surface area (Å²) in [6, 6.07) is 14.8. The van der Waals surface area contributed by atoms with E-state index >= 15 is 0 Å². The van der Waals surface area contributed by atoms with E-state index in [1.165, 1.54) is 18.6 Å². The van der Waals surface area contributed by atoms with Crippen LogP contribution in [0.25, 0.3) is 0 Å². The van der Waals surface area contributed by atoms with E-state index in [0.29, 0.717) is 17.0 Å². The Balaban J connectivity index is 2.01. The Hall–Kier alpha value is -2.68. The summed E-state index contributed by atoms with van der Waals surface area (Å²) in [5.41, 5.74) is 3.28. The molecule has 23 heavy (non-hydrogen) atoms. The molecule has 3 nitrogen and oxygen atoms in total. The van der Waals surface area contributed by atoms with Gasteiger partial charge in [-0.25, -0.2) is 0 Å². The van der Waals surface area contributed by atoms with Crippen LogP contribution < -0.4 is 5.32 Å². The van der Waals surface area contributed by atoms with Gasteiger partial charge in [-0.05, 0) is 30.5 Å². The highest BCUT2D eigenvalue weighted by atomic mass is 16.1. The molecular formula is C20H21NO2. The first kappa shape index (κ1) is 16.7. The zero-order chi connectivity index (χ0) is 16.8. The molecule has 0 radical (unpaired) electrons. The average molecular weight is 307 g/mol. The van der Waals surface area contributed by atoms with E-state index in [2.05, 4.69) is 19.2 Å². The molecule has 0 saturated carbocycles. The number of rotatable bonds is 6. The fourth-order valence-corrected chi connectivity index (χ4v) is 2.17. The van der Waals surface area contributed by atoms with Gasteiger partial charge in [-0.3, -0.25) is 9.59 Å². The number of anilines is 1. The highest BCUT2D eigenvalue weighted by molar-refractivity contribution is 6.04. The Kier molecular flexibility index (Phi) is 5.47. The zero-order valence-corrected chi connectivity index (χ0v) is 13.7. The summed E-state index contributed by atoms with van der Waals surface area (Å²) in [6.45, 7) is 5.77. The number of benzene rings is 2. The van der Waals surface area contributed by atoms with Gasteiger partial charge in [-0.15, -0.1) is 0 Å². The third-order valence-corrected chi connectivity index (χ3v) is 3.62. The maximum Gasteiger partial charge on any atom is 0.187 e. The topological polar surface area (TPSA) is 46.2 Å². The van der Waals surface area contributed by atoms with E-state index in [9.17, 15) is 9.59 Å². The lowest BCUT2D eigenvalue weighted by Crippen LogP contribution is -1.98. The summed E-state index contributed by atoms with van der Waals surface area (Å²) in [5.74, 6) is 0.402. The van der Waals surface area contributed by atoms with Crippen molar-refractivity contribution in [3.05, 3.63) is 77.5 Å². The van der Waals surface area contributed by atoms with E-state index in [4.69, 9.17) is 0 Å². The number of carbonyl (C=O) groups is 2. The molecule has 0 fully saturated rings. The molecule has 0 bridgehead atoms. The van der Waals surface area contributed by atoms with Crippen LogP contribution in [-0.2, 0) is 0 Å². The minimum Gasteiger partial charge on any atom is -0.362 e. The van der Waals surface area contributed by atoms with Crippen molar-refractivity contribution in [3.63, 3.8) is 0 Å². The van der Waals surface area contributed by atoms with Crippen LogP contribution in [0.3, 0.4) is 0 Å². The van der Waals surface area contributed by atoms with Crippen LogP contribution in [0.4, 0.5) is 5.69 Å². The van der Waals surface area contributed by atoms with Crippen LogP contribution in [0.1, 0.15) is 53.0 Å². The van der Waals surface area contributed by atoms with Gasteiger partial charge in [0, 0.05) is 29.1 Å². The molecule has 0 aliphatic rings. The lowest BCUT2D eigenvalue weighted by molar-refractivity contribution is 0.101. The van der Waals surface area contributed by atoms with Crippen LogP contribution in [0.15, 0.2) is 60.8 Å². The quantitative estimate of drug-likeness (QED) is 0.614. The lowest BCUT2D eigenvalue weighted by atomic mass is 10.0. The molecule has 0 unspecified atom stereocenters. The van der Waals surface area contributed by atoms with E-state index < -0.39 is 0 Å². The molecule has 0 amide bonds. The number of carbonyl (C=O) groups excluding carboxylic acids is 2. The first-order chi connectivity index (χ1) is 11.0. The van der Waals surface area contributed by atoms with Crippen molar-refractivity contribution in [2.45, 2.75) is 26.7 Å². The molecule has 0 aliphatic carbocycles. The Morgan fingerprint density at radius 1 is 1.00 bits per heavy atom. The Morgan fingerprint density at radius 3 is 2.30 bits per heavy atom. The van der Waals surface area contributed by atoms with Crippen molar-refractivity contribution in [3.8, 4) is 0 Å². The number of nitrogens with one attached hydrogen (secondary N) is 1.